The highest BCUT2D eigenvalue weighted by Crippen LogP contribution is 2.23. The van der Waals surface area contributed by atoms with Crippen molar-refractivity contribution in [3.05, 3.63) is 53.7 Å². The maximum absolute atomic E-state index is 10.8. The maximum atomic E-state index is 10.8. The van der Waals surface area contributed by atoms with Crippen LogP contribution in [0.1, 0.15) is 22.8 Å². The number of rotatable bonds is 3. The Bertz CT molecular complexity index is 773. The molecule has 2 N–H and O–H groups in total. The van der Waals surface area contributed by atoms with E-state index in [0.717, 1.165) is 28.7 Å². The van der Waals surface area contributed by atoms with E-state index in [1.54, 1.807) is 24.3 Å². The van der Waals surface area contributed by atoms with E-state index in [1.165, 1.54) is 5.56 Å². The Morgan fingerprint density at radius 2 is 1.95 bits per heavy atom. The van der Waals surface area contributed by atoms with E-state index < -0.39 is 5.97 Å². The van der Waals surface area contributed by atoms with Crippen LogP contribution in [-0.2, 0) is 6.42 Å². The fourth-order valence-corrected chi connectivity index (χ4v) is 2.30. The first-order valence-corrected chi connectivity index (χ1v) is 6.50. The van der Waals surface area contributed by atoms with Gasteiger partial charge in [-0.05, 0) is 36.2 Å². The molecule has 2 heterocycles. The molecule has 0 spiro atoms. The Labute approximate surface area is 116 Å². The molecule has 0 bridgehead atoms. The van der Waals surface area contributed by atoms with Gasteiger partial charge in [0.25, 0.3) is 0 Å². The van der Waals surface area contributed by atoms with Gasteiger partial charge in [-0.3, -0.25) is 0 Å². The third-order valence-corrected chi connectivity index (χ3v) is 3.43. The molecular formula is C16H14N2O2. The molecule has 0 aliphatic heterocycles. The van der Waals surface area contributed by atoms with E-state index >= 15 is 0 Å². The van der Waals surface area contributed by atoms with Crippen LogP contribution in [0.15, 0.2) is 42.6 Å². The van der Waals surface area contributed by atoms with E-state index in [-0.39, 0.29) is 5.56 Å². The molecule has 0 atom stereocenters. The highest BCUT2D eigenvalue weighted by molar-refractivity contribution is 5.88. The maximum Gasteiger partial charge on any atom is 0.335 e. The minimum Gasteiger partial charge on any atom is -0.478 e. The number of aromatic nitrogens is 2. The number of hydrogen-bond donors (Lipinski definition) is 2. The van der Waals surface area contributed by atoms with Crippen molar-refractivity contribution in [3.63, 3.8) is 0 Å². The van der Waals surface area contributed by atoms with Gasteiger partial charge in [0.05, 0.1) is 11.3 Å². The number of aromatic carboxylic acids is 1. The van der Waals surface area contributed by atoms with Crippen molar-refractivity contribution in [2.24, 2.45) is 0 Å². The second kappa shape index (κ2) is 4.81. The van der Waals surface area contributed by atoms with Crippen molar-refractivity contribution in [2.75, 3.05) is 0 Å². The van der Waals surface area contributed by atoms with Gasteiger partial charge in [0.1, 0.15) is 5.65 Å². The Hall–Kier alpha value is -2.62. The lowest BCUT2D eigenvalue weighted by atomic mass is 10.1. The molecule has 0 fully saturated rings. The van der Waals surface area contributed by atoms with Crippen molar-refractivity contribution in [1.29, 1.82) is 0 Å². The Kier molecular flexibility index (Phi) is 2.99. The predicted molar refractivity (Wildman–Crippen MR) is 77.9 cm³/mol. The van der Waals surface area contributed by atoms with Crippen molar-refractivity contribution in [1.82, 2.24) is 9.97 Å². The highest BCUT2D eigenvalue weighted by atomic mass is 16.4. The number of aromatic amines is 1. The summed E-state index contributed by atoms with van der Waals surface area (Å²) in [6.45, 7) is 2.11. The second-order valence-electron chi connectivity index (χ2n) is 4.64. The van der Waals surface area contributed by atoms with E-state index in [4.69, 9.17) is 5.11 Å². The van der Waals surface area contributed by atoms with E-state index in [2.05, 4.69) is 23.0 Å². The summed E-state index contributed by atoms with van der Waals surface area (Å²) >= 11 is 0. The zero-order valence-electron chi connectivity index (χ0n) is 11.1. The minimum atomic E-state index is -0.920. The van der Waals surface area contributed by atoms with Crippen LogP contribution in [0.5, 0.6) is 0 Å². The van der Waals surface area contributed by atoms with E-state index in [9.17, 15) is 4.79 Å². The number of nitrogens with one attached hydrogen (secondary N) is 1. The van der Waals surface area contributed by atoms with Gasteiger partial charge in [0, 0.05) is 17.1 Å². The molecule has 4 nitrogen and oxygen atoms in total. The van der Waals surface area contributed by atoms with Gasteiger partial charge in [0.15, 0.2) is 0 Å². The lowest BCUT2D eigenvalue weighted by molar-refractivity contribution is 0.0697. The summed E-state index contributed by atoms with van der Waals surface area (Å²) < 4.78 is 0. The average Bonchev–Trinajstić information content (AvgIpc) is 2.89. The van der Waals surface area contributed by atoms with Crippen molar-refractivity contribution < 1.29 is 9.90 Å². The molecule has 3 rings (SSSR count). The summed E-state index contributed by atoms with van der Waals surface area (Å²) in [5.74, 6) is -0.920. The quantitative estimate of drug-likeness (QED) is 0.762. The monoisotopic (exact) mass is 266 g/mol. The molecule has 0 radical (unpaired) electrons. The van der Waals surface area contributed by atoms with Crippen LogP contribution in [0.2, 0.25) is 0 Å². The fourth-order valence-electron chi connectivity index (χ4n) is 2.30. The number of pyridine rings is 1. The number of carbonyl (C=O) groups is 1. The number of aryl methyl sites for hydroxylation is 1. The number of benzene rings is 1. The zero-order chi connectivity index (χ0) is 14.1. The molecule has 0 aliphatic rings. The molecule has 2 aromatic heterocycles. The van der Waals surface area contributed by atoms with Crippen LogP contribution < -0.4 is 0 Å². The topological polar surface area (TPSA) is 66.0 Å². The molecule has 0 saturated carbocycles. The Morgan fingerprint density at radius 3 is 2.60 bits per heavy atom. The zero-order valence-corrected chi connectivity index (χ0v) is 11.1. The molecule has 0 unspecified atom stereocenters. The van der Waals surface area contributed by atoms with Gasteiger partial charge < -0.3 is 10.1 Å². The molecule has 0 aliphatic carbocycles. The lowest BCUT2D eigenvalue weighted by Crippen LogP contribution is -1.95. The standard InChI is InChI=1S/C16H14N2O2/c1-2-10-9-17-15-13(10)7-8-14(18-15)11-3-5-12(6-4-11)16(19)20/h3-9H,2H2,1H3,(H,17,18)(H,19,20). The van der Waals surface area contributed by atoms with Crippen LogP contribution >= 0.6 is 0 Å². The molecule has 20 heavy (non-hydrogen) atoms. The third kappa shape index (κ3) is 2.05. The van der Waals surface area contributed by atoms with Gasteiger partial charge in [-0.2, -0.15) is 0 Å². The largest absolute Gasteiger partial charge is 0.478 e. The van der Waals surface area contributed by atoms with Gasteiger partial charge >= 0.3 is 5.97 Å². The summed E-state index contributed by atoms with van der Waals surface area (Å²) in [7, 11) is 0. The molecule has 4 heteroatoms. The second-order valence-corrected chi connectivity index (χ2v) is 4.64. The number of carboxylic acid groups (broad SMARTS) is 1. The molecule has 3 aromatic rings. The minimum absolute atomic E-state index is 0.281. The predicted octanol–water partition coefficient (Wildman–Crippen LogP) is 3.49. The van der Waals surface area contributed by atoms with Crippen molar-refractivity contribution in [3.8, 4) is 11.3 Å². The first-order valence-electron chi connectivity index (χ1n) is 6.50. The summed E-state index contributed by atoms with van der Waals surface area (Å²) in [5.41, 5.74) is 4.13. The van der Waals surface area contributed by atoms with Crippen LogP contribution in [0.3, 0.4) is 0 Å². The Balaban J connectivity index is 2.03. The molecule has 0 amide bonds. The van der Waals surface area contributed by atoms with Crippen LogP contribution in [0.25, 0.3) is 22.3 Å². The van der Waals surface area contributed by atoms with Crippen LogP contribution in [0, 0.1) is 0 Å². The summed E-state index contributed by atoms with van der Waals surface area (Å²) in [5, 5.41) is 10.0. The number of fused-ring (bicyclic) bond motifs is 1. The average molecular weight is 266 g/mol. The summed E-state index contributed by atoms with van der Waals surface area (Å²) in [6, 6.07) is 10.8. The van der Waals surface area contributed by atoms with Gasteiger partial charge in [0.2, 0.25) is 0 Å². The Morgan fingerprint density at radius 1 is 1.20 bits per heavy atom. The molecular weight excluding hydrogens is 252 g/mol. The number of H-pyrrole nitrogens is 1. The van der Waals surface area contributed by atoms with Gasteiger partial charge in [-0.1, -0.05) is 19.1 Å². The molecule has 100 valence electrons. The van der Waals surface area contributed by atoms with Crippen LogP contribution in [-0.4, -0.2) is 21.0 Å². The first kappa shape index (κ1) is 12.4. The first-order chi connectivity index (χ1) is 9.69. The van der Waals surface area contributed by atoms with Crippen molar-refractivity contribution in [2.45, 2.75) is 13.3 Å². The lowest BCUT2D eigenvalue weighted by Gasteiger charge is -2.02. The van der Waals surface area contributed by atoms with Crippen molar-refractivity contribution >= 4 is 17.0 Å². The summed E-state index contributed by atoms with van der Waals surface area (Å²) in [6.07, 6.45) is 2.95. The van der Waals surface area contributed by atoms with E-state index in [1.807, 2.05) is 12.3 Å². The number of nitrogens with zero attached hydrogens (tertiary/aromatic N) is 1. The SMILES string of the molecule is CCc1c[nH]c2nc(-c3ccc(C(=O)O)cc3)ccc12. The fraction of sp³-hybridized carbons (Fsp3) is 0.125. The van der Waals surface area contributed by atoms with E-state index in [0.29, 0.717) is 0 Å². The summed E-state index contributed by atoms with van der Waals surface area (Å²) in [4.78, 5) is 18.6. The molecule has 1 aromatic carbocycles. The number of carboxylic acids is 1. The molecule has 0 saturated heterocycles. The van der Waals surface area contributed by atoms with Crippen LogP contribution in [0.4, 0.5) is 0 Å². The smallest absolute Gasteiger partial charge is 0.335 e. The third-order valence-electron chi connectivity index (χ3n) is 3.43. The van der Waals surface area contributed by atoms with Gasteiger partial charge in [-0.15, -0.1) is 0 Å². The number of hydrogen-bond acceptors (Lipinski definition) is 2. The van der Waals surface area contributed by atoms with Gasteiger partial charge in [-0.25, -0.2) is 9.78 Å². The highest BCUT2D eigenvalue weighted by Gasteiger charge is 2.07. The normalized spacial score (nSPS) is 10.8.